The van der Waals surface area contributed by atoms with Crippen LogP contribution in [0.3, 0.4) is 0 Å². The van der Waals surface area contributed by atoms with Crippen molar-refractivity contribution in [1.29, 1.82) is 0 Å². The predicted molar refractivity (Wildman–Crippen MR) is 163 cm³/mol. The first kappa shape index (κ1) is 37.5. The summed E-state index contributed by atoms with van der Waals surface area (Å²) in [6.45, 7) is 9.14. The largest absolute Gasteiger partial charge is 0.772 e. The average molecular weight is 559 g/mol. The fourth-order valence-corrected chi connectivity index (χ4v) is 5.69. The molecule has 0 rings (SSSR count). The van der Waals surface area contributed by atoms with E-state index in [-0.39, 0.29) is 11.7 Å². The lowest BCUT2D eigenvalue weighted by molar-refractivity contribution is -0.122. The summed E-state index contributed by atoms with van der Waals surface area (Å²) in [5.41, 5.74) is 0. The first-order chi connectivity index (χ1) is 18.2. The summed E-state index contributed by atoms with van der Waals surface area (Å²) >= 11 is -2.29. The highest BCUT2D eigenvalue weighted by atomic mass is 32.2. The molecule has 0 saturated carbocycles. The Morgan fingerprint density at radius 3 is 1.34 bits per heavy atom. The van der Waals surface area contributed by atoms with Crippen LogP contribution in [-0.4, -0.2) is 37.7 Å². The molecule has 1 unspecified atom stereocenters. The van der Waals surface area contributed by atoms with Crippen LogP contribution in [0, 0.1) is 11.8 Å². The summed E-state index contributed by atoms with van der Waals surface area (Å²) in [6.07, 6.45) is 24.5. The molecule has 3 atom stereocenters. The number of aliphatic hydroxyl groups is 1. The zero-order chi connectivity index (χ0) is 28.4. The Hall–Kier alpha value is -0.460. The Kier molecular flexibility index (Phi) is 26.4. The van der Waals surface area contributed by atoms with E-state index < -0.39 is 23.2 Å². The van der Waals surface area contributed by atoms with Gasteiger partial charge in [0, 0.05) is 12.2 Å². The monoisotopic (exact) mass is 558 g/mol. The number of amides is 1. The fourth-order valence-electron chi connectivity index (χ4n) is 5.09. The van der Waals surface area contributed by atoms with Crippen molar-refractivity contribution >= 4 is 17.0 Å². The van der Waals surface area contributed by atoms with Crippen LogP contribution in [0.5, 0.6) is 0 Å². The van der Waals surface area contributed by atoms with Crippen molar-refractivity contribution < 1.29 is 18.7 Å². The molecule has 0 fully saturated rings. The van der Waals surface area contributed by atoms with Crippen molar-refractivity contribution in [2.45, 2.75) is 181 Å². The third-order valence-corrected chi connectivity index (χ3v) is 8.22. The van der Waals surface area contributed by atoms with Gasteiger partial charge in [-0.1, -0.05) is 161 Å². The Labute approximate surface area is 239 Å². The Balaban J connectivity index is 3.85. The molecule has 0 aromatic carbocycles. The van der Waals surface area contributed by atoms with Crippen LogP contribution in [0.15, 0.2) is 0 Å². The van der Waals surface area contributed by atoms with Crippen molar-refractivity contribution in [3.63, 3.8) is 0 Å². The van der Waals surface area contributed by atoms with E-state index in [1.54, 1.807) is 0 Å². The van der Waals surface area contributed by atoms with Gasteiger partial charge in [-0.15, -0.1) is 0 Å². The number of unbranched alkanes of at least 4 members (excludes halogenated alkanes) is 16. The molecule has 38 heavy (non-hydrogen) atoms. The number of rotatable bonds is 28. The van der Waals surface area contributed by atoms with Gasteiger partial charge in [0.2, 0.25) is 5.91 Å². The van der Waals surface area contributed by atoms with Crippen molar-refractivity contribution in [2.24, 2.45) is 11.8 Å². The van der Waals surface area contributed by atoms with E-state index in [0.29, 0.717) is 12.8 Å². The van der Waals surface area contributed by atoms with E-state index in [2.05, 4.69) is 33.0 Å². The van der Waals surface area contributed by atoms with E-state index in [1.807, 2.05) is 0 Å². The minimum atomic E-state index is -2.29. The van der Waals surface area contributed by atoms with Gasteiger partial charge in [0.15, 0.2) is 0 Å². The highest BCUT2D eigenvalue weighted by Gasteiger charge is 2.21. The van der Waals surface area contributed by atoms with E-state index in [1.165, 1.54) is 89.9 Å². The molecular weight excluding hydrogens is 494 g/mol. The molecule has 228 valence electrons. The standard InChI is InChI=1S/C32H65NO4S/c1-28(2)23-19-15-11-7-5-9-13-17-21-25-31(34)30(27-38(36)37)33-32(35)26-22-18-14-10-6-8-12-16-20-24-29(3)4/h28-31,34H,5-27H2,1-4H3,(H,33,35)(H,36,37)/p-1/t30-,31+/m0/s1. The van der Waals surface area contributed by atoms with Crippen molar-refractivity contribution in [2.75, 3.05) is 5.75 Å². The summed E-state index contributed by atoms with van der Waals surface area (Å²) in [4.78, 5) is 12.4. The molecule has 0 spiro atoms. The highest BCUT2D eigenvalue weighted by Crippen LogP contribution is 2.16. The van der Waals surface area contributed by atoms with E-state index >= 15 is 0 Å². The molecule has 0 aliphatic carbocycles. The molecule has 0 heterocycles. The van der Waals surface area contributed by atoms with Crippen LogP contribution in [-0.2, 0) is 15.9 Å². The number of carbonyl (C=O) groups excluding carboxylic acids is 1. The van der Waals surface area contributed by atoms with E-state index in [0.717, 1.165) is 50.4 Å². The number of aliphatic hydroxyl groups excluding tert-OH is 1. The van der Waals surface area contributed by atoms with Gasteiger partial charge in [0.1, 0.15) is 0 Å². The summed E-state index contributed by atoms with van der Waals surface area (Å²) < 4.78 is 22.6. The minimum absolute atomic E-state index is 0.141. The van der Waals surface area contributed by atoms with Gasteiger partial charge in [-0.2, -0.15) is 0 Å². The summed E-state index contributed by atoms with van der Waals surface area (Å²) in [6, 6.07) is -0.706. The van der Waals surface area contributed by atoms with E-state index in [4.69, 9.17) is 0 Å². The summed E-state index contributed by atoms with van der Waals surface area (Å²) in [7, 11) is 0. The number of nitrogens with one attached hydrogen (secondary N) is 1. The molecule has 0 aromatic rings. The molecular formula is C32H64NO4S-. The van der Waals surface area contributed by atoms with Gasteiger partial charge in [-0.3, -0.25) is 9.00 Å². The van der Waals surface area contributed by atoms with Gasteiger partial charge in [0.05, 0.1) is 12.1 Å². The van der Waals surface area contributed by atoms with Crippen LogP contribution < -0.4 is 5.32 Å². The second-order valence-electron chi connectivity index (χ2n) is 12.5. The molecule has 0 saturated heterocycles. The van der Waals surface area contributed by atoms with Crippen LogP contribution >= 0.6 is 0 Å². The van der Waals surface area contributed by atoms with Gasteiger partial charge >= 0.3 is 0 Å². The van der Waals surface area contributed by atoms with Crippen molar-refractivity contribution in [3.8, 4) is 0 Å². The second-order valence-corrected chi connectivity index (χ2v) is 13.4. The zero-order valence-electron chi connectivity index (χ0n) is 25.7. The Morgan fingerprint density at radius 1 is 0.632 bits per heavy atom. The first-order valence-electron chi connectivity index (χ1n) is 16.3. The third kappa shape index (κ3) is 27.1. The Morgan fingerprint density at radius 2 is 0.974 bits per heavy atom. The normalized spacial score (nSPS) is 14.2. The van der Waals surface area contributed by atoms with Crippen LogP contribution in [0.1, 0.15) is 169 Å². The first-order valence-corrected chi connectivity index (χ1v) is 17.5. The number of hydrogen-bond donors (Lipinski definition) is 2. The third-order valence-electron chi connectivity index (χ3n) is 7.59. The molecule has 0 radical (unpaired) electrons. The zero-order valence-corrected chi connectivity index (χ0v) is 26.5. The molecule has 5 nitrogen and oxygen atoms in total. The molecule has 0 aliphatic rings. The molecule has 1 amide bonds. The maximum Gasteiger partial charge on any atom is 0.220 e. The average Bonchev–Trinajstić information content (AvgIpc) is 2.84. The quantitative estimate of drug-likeness (QED) is 0.0743. The predicted octanol–water partition coefficient (Wildman–Crippen LogP) is 8.61. The lowest BCUT2D eigenvalue weighted by Gasteiger charge is -2.25. The smallest absolute Gasteiger partial charge is 0.220 e. The summed E-state index contributed by atoms with van der Waals surface area (Å²) in [5.74, 6) is 1.26. The highest BCUT2D eigenvalue weighted by molar-refractivity contribution is 7.79. The molecule has 0 aliphatic heterocycles. The molecule has 2 N–H and O–H groups in total. The molecule has 0 aromatic heterocycles. The van der Waals surface area contributed by atoms with Crippen LogP contribution in [0.25, 0.3) is 0 Å². The Bertz CT molecular complexity index is 556. The van der Waals surface area contributed by atoms with Gasteiger partial charge < -0.3 is 15.0 Å². The SMILES string of the molecule is CC(C)CCCCCCCCCCCC(=O)N[C@@H](CS(=O)[O-])[C@H](O)CCCCCCCCCCCC(C)C. The lowest BCUT2D eigenvalue weighted by Crippen LogP contribution is -2.46. The molecule has 0 bridgehead atoms. The van der Waals surface area contributed by atoms with Crippen molar-refractivity contribution in [1.82, 2.24) is 5.32 Å². The van der Waals surface area contributed by atoms with Crippen LogP contribution in [0.4, 0.5) is 0 Å². The van der Waals surface area contributed by atoms with Crippen LogP contribution in [0.2, 0.25) is 0 Å². The fraction of sp³-hybridized carbons (Fsp3) is 0.969. The van der Waals surface area contributed by atoms with Gasteiger partial charge in [0.25, 0.3) is 0 Å². The lowest BCUT2D eigenvalue weighted by atomic mass is 10.0. The van der Waals surface area contributed by atoms with Crippen molar-refractivity contribution in [3.05, 3.63) is 0 Å². The van der Waals surface area contributed by atoms with Gasteiger partial charge in [-0.25, -0.2) is 0 Å². The topological polar surface area (TPSA) is 89.5 Å². The molecule has 6 heteroatoms. The van der Waals surface area contributed by atoms with E-state index in [9.17, 15) is 18.7 Å². The van der Waals surface area contributed by atoms with Gasteiger partial charge in [-0.05, 0) is 24.7 Å². The number of carbonyl (C=O) groups is 1. The number of hydrogen-bond acceptors (Lipinski definition) is 4. The maximum atomic E-state index is 12.4. The summed E-state index contributed by atoms with van der Waals surface area (Å²) in [5, 5.41) is 13.4. The second kappa shape index (κ2) is 26.7. The maximum absolute atomic E-state index is 12.4. The minimum Gasteiger partial charge on any atom is -0.772 e.